The number of amides is 2. The molecule has 2 N–H and O–H groups in total. The quantitative estimate of drug-likeness (QED) is 0.902. The summed E-state index contributed by atoms with van der Waals surface area (Å²) in [5.74, 6) is -0.189. The monoisotopic (exact) mass is 297 g/mol. The van der Waals surface area contributed by atoms with Crippen LogP contribution in [0.4, 0.5) is 5.69 Å². The van der Waals surface area contributed by atoms with Crippen LogP contribution in [0.25, 0.3) is 0 Å². The van der Waals surface area contributed by atoms with Gasteiger partial charge in [-0.3, -0.25) is 9.59 Å². The van der Waals surface area contributed by atoms with E-state index < -0.39 is 0 Å². The largest absolute Gasteiger partial charge is 0.330 e. The van der Waals surface area contributed by atoms with Gasteiger partial charge in [0, 0.05) is 18.8 Å². The zero-order chi connectivity index (χ0) is 13.8. The van der Waals surface area contributed by atoms with E-state index in [2.05, 4.69) is 0 Å². The number of hydrogen-bond donors (Lipinski definition) is 1. The number of rotatable bonds is 4. The second kappa shape index (κ2) is 7.26. The Morgan fingerprint density at radius 1 is 1.40 bits per heavy atom. The molecule has 1 heterocycles. The summed E-state index contributed by atoms with van der Waals surface area (Å²) in [6, 6.07) is 9.15. The molecule has 1 fully saturated rings. The molecule has 1 aliphatic heterocycles. The third-order valence-electron chi connectivity index (χ3n) is 3.46. The lowest BCUT2D eigenvalue weighted by Gasteiger charge is -2.26. The van der Waals surface area contributed by atoms with Crippen molar-refractivity contribution < 1.29 is 9.59 Å². The number of likely N-dealkylation sites (N-methyl/N-ethyl adjacent to an activating group) is 1. The number of carbonyl (C=O) groups excluding carboxylic acids is 2. The van der Waals surface area contributed by atoms with Crippen LogP contribution in [0.3, 0.4) is 0 Å². The highest BCUT2D eigenvalue weighted by Gasteiger charge is 2.37. The Labute approximate surface area is 125 Å². The molecule has 0 aromatic heterocycles. The van der Waals surface area contributed by atoms with Gasteiger partial charge >= 0.3 is 0 Å². The molecule has 1 unspecified atom stereocenters. The van der Waals surface area contributed by atoms with Crippen LogP contribution in [0.2, 0.25) is 0 Å². The summed E-state index contributed by atoms with van der Waals surface area (Å²) in [6.07, 6.45) is 0.660. The Kier molecular flexibility index (Phi) is 5.98. The van der Waals surface area contributed by atoms with Crippen molar-refractivity contribution in [2.24, 2.45) is 5.73 Å². The van der Waals surface area contributed by atoms with Crippen LogP contribution in [0.1, 0.15) is 13.3 Å². The number of nitrogens with two attached hydrogens (primary N) is 1. The summed E-state index contributed by atoms with van der Waals surface area (Å²) in [6.45, 7) is 2.96. The Balaban J connectivity index is 0.00000200. The van der Waals surface area contributed by atoms with Crippen molar-refractivity contribution in [1.29, 1.82) is 0 Å². The average Bonchev–Trinajstić information content (AvgIpc) is 2.82. The van der Waals surface area contributed by atoms with Gasteiger partial charge in [0.1, 0.15) is 6.04 Å². The molecular formula is C14H20ClN3O2. The highest BCUT2D eigenvalue weighted by atomic mass is 35.5. The summed E-state index contributed by atoms with van der Waals surface area (Å²) >= 11 is 0. The number of para-hydroxylation sites is 1. The summed E-state index contributed by atoms with van der Waals surface area (Å²) in [4.78, 5) is 27.5. The second-order valence-electron chi connectivity index (χ2n) is 4.51. The van der Waals surface area contributed by atoms with Crippen molar-refractivity contribution in [3.05, 3.63) is 30.3 Å². The SMILES string of the molecule is CCN(C(=O)CN)C1CCN(c2ccccc2)C1=O.Cl. The van der Waals surface area contributed by atoms with Crippen LogP contribution in [-0.2, 0) is 9.59 Å². The van der Waals surface area contributed by atoms with Gasteiger partial charge in [0.05, 0.1) is 6.54 Å². The molecule has 1 aromatic carbocycles. The molecule has 20 heavy (non-hydrogen) atoms. The smallest absolute Gasteiger partial charge is 0.249 e. The molecule has 2 rings (SSSR count). The van der Waals surface area contributed by atoms with E-state index in [1.54, 1.807) is 9.80 Å². The molecule has 110 valence electrons. The van der Waals surface area contributed by atoms with Crippen molar-refractivity contribution in [3.8, 4) is 0 Å². The van der Waals surface area contributed by atoms with Gasteiger partial charge in [-0.15, -0.1) is 12.4 Å². The first-order valence-corrected chi connectivity index (χ1v) is 6.55. The van der Waals surface area contributed by atoms with Gasteiger partial charge in [-0.1, -0.05) is 18.2 Å². The molecule has 0 saturated carbocycles. The minimum absolute atomic E-state index is 0. The summed E-state index contributed by atoms with van der Waals surface area (Å²) in [5.41, 5.74) is 6.27. The van der Waals surface area contributed by atoms with E-state index in [1.807, 2.05) is 37.3 Å². The van der Waals surface area contributed by atoms with Gasteiger partial charge in [-0.2, -0.15) is 0 Å². The Hall–Kier alpha value is -1.59. The average molecular weight is 298 g/mol. The molecule has 0 spiro atoms. The van der Waals surface area contributed by atoms with Crippen LogP contribution in [0.15, 0.2) is 30.3 Å². The molecule has 1 atom stereocenters. The van der Waals surface area contributed by atoms with Crippen LogP contribution < -0.4 is 10.6 Å². The fourth-order valence-corrected chi connectivity index (χ4v) is 2.51. The van der Waals surface area contributed by atoms with Crippen LogP contribution >= 0.6 is 12.4 Å². The summed E-state index contributed by atoms with van der Waals surface area (Å²) in [7, 11) is 0. The molecule has 1 saturated heterocycles. The van der Waals surface area contributed by atoms with Gasteiger partial charge in [0.2, 0.25) is 11.8 Å². The van der Waals surface area contributed by atoms with Gasteiger partial charge < -0.3 is 15.5 Å². The maximum atomic E-state index is 12.4. The highest BCUT2D eigenvalue weighted by Crippen LogP contribution is 2.24. The Bertz CT molecular complexity index is 467. The zero-order valence-electron chi connectivity index (χ0n) is 11.5. The number of benzene rings is 1. The standard InChI is InChI=1S/C14H19N3O2.ClH/c1-2-16(13(18)10-15)12-8-9-17(14(12)19)11-6-4-3-5-7-11;/h3-7,12H,2,8-10,15H2,1H3;1H. The molecule has 0 aliphatic carbocycles. The van der Waals surface area contributed by atoms with Gasteiger partial charge in [0.25, 0.3) is 0 Å². The van der Waals surface area contributed by atoms with E-state index in [0.717, 1.165) is 5.69 Å². The Morgan fingerprint density at radius 3 is 2.60 bits per heavy atom. The van der Waals surface area contributed by atoms with Gasteiger partial charge in [-0.05, 0) is 25.5 Å². The van der Waals surface area contributed by atoms with Crippen molar-refractivity contribution >= 4 is 29.9 Å². The van der Waals surface area contributed by atoms with Crippen molar-refractivity contribution in [2.75, 3.05) is 24.5 Å². The fourth-order valence-electron chi connectivity index (χ4n) is 2.51. The maximum absolute atomic E-state index is 12.4. The number of nitrogens with zero attached hydrogens (tertiary/aromatic N) is 2. The third-order valence-corrected chi connectivity index (χ3v) is 3.46. The van der Waals surface area contributed by atoms with Gasteiger partial charge in [0.15, 0.2) is 0 Å². The highest BCUT2D eigenvalue weighted by molar-refractivity contribution is 6.01. The van der Waals surface area contributed by atoms with Crippen molar-refractivity contribution in [1.82, 2.24) is 4.90 Å². The van der Waals surface area contributed by atoms with E-state index >= 15 is 0 Å². The molecular weight excluding hydrogens is 278 g/mol. The normalized spacial score (nSPS) is 17.8. The van der Waals surface area contributed by atoms with Gasteiger partial charge in [-0.25, -0.2) is 0 Å². The number of carbonyl (C=O) groups is 2. The maximum Gasteiger partial charge on any atom is 0.249 e. The van der Waals surface area contributed by atoms with E-state index in [9.17, 15) is 9.59 Å². The zero-order valence-corrected chi connectivity index (χ0v) is 12.3. The molecule has 6 heteroatoms. The predicted octanol–water partition coefficient (Wildman–Crippen LogP) is 1.02. The van der Waals surface area contributed by atoms with Crippen LogP contribution in [-0.4, -0.2) is 42.4 Å². The molecule has 1 aromatic rings. The van der Waals surface area contributed by atoms with Crippen molar-refractivity contribution in [3.63, 3.8) is 0 Å². The number of anilines is 1. The predicted molar refractivity (Wildman–Crippen MR) is 80.9 cm³/mol. The second-order valence-corrected chi connectivity index (χ2v) is 4.51. The van der Waals surface area contributed by atoms with E-state index in [4.69, 9.17) is 5.73 Å². The molecule has 1 aliphatic rings. The van der Waals surface area contributed by atoms with E-state index in [1.165, 1.54) is 0 Å². The molecule has 5 nitrogen and oxygen atoms in total. The minimum atomic E-state index is -0.374. The first-order chi connectivity index (χ1) is 9.19. The molecule has 2 amide bonds. The lowest BCUT2D eigenvalue weighted by atomic mass is 10.2. The lowest BCUT2D eigenvalue weighted by molar-refractivity contribution is -0.136. The number of halogens is 1. The molecule has 0 bridgehead atoms. The first kappa shape index (κ1) is 16.5. The lowest BCUT2D eigenvalue weighted by Crippen LogP contribution is -2.47. The van der Waals surface area contributed by atoms with Crippen molar-refractivity contribution in [2.45, 2.75) is 19.4 Å². The summed E-state index contributed by atoms with van der Waals surface area (Å²) < 4.78 is 0. The fraction of sp³-hybridized carbons (Fsp3) is 0.429. The molecule has 0 radical (unpaired) electrons. The minimum Gasteiger partial charge on any atom is -0.330 e. The number of hydrogen-bond acceptors (Lipinski definition) is 3. The van der Waals surface area contributed by atoms with Crippen LogP contribution in [0.5, 0.6) is 0 Å². The Morgan fingerprint density at radius 2 is 2.05 bits per heavy atom. The van der Waals surface area contributed by atoms with E-state index in [0.29, 0.717) is 19.5 Å². The first-order valence-electron chi connectivity index (χ1n) is 6.55. The van der Waals surface area contributed by atoms with Crippen LogP contribution in [0, 0.1) is 0 Å². The third kappa shape index (κ3) is 3.11. The summed E-state index contributed by atoms with van der Waals surface area (Å²) in [5, 5.41) is 0. The topological polar surface area (TPSA) is 66.6 Å². The van der Waals surface area contributed by atoms with E-state index in [-0.39, 0.29) is 36.8 Å².